The van der Waals surface area contributed by atoms with E-state index in [1.807, 2.05) is 13.1 Å². The molecule has 1 aromatic rings. The lowest BCUT2D eigenvalue weighted by molar-refractivity contribution is 0.102. The van der Waals surface area contributed by atoms with Gasteiger partial charge in [0.05, 0.1) is 6.26 Å². The van der Waals surface area contributed by atoms with Crippen LogP contribution in [0.5, 0.6) is 0 Å². The molecule has 1 aromatic heterocycles. The van der Waals surface area contributed by atoms with Crippen molar-refractivity contribution in [1.29, 1.82) is 0 Å². The number of rotatable bonds is 10. The van der Waals surface area contributed by atoms with Gasteiger partial charge in [0.25, 0.3) is 0 Å². The molecule has 17 heavy (non-hydrogen) atoms. The molecule has 0 aliphatic rings. The van der Waals surface area contributed by atoms with Crippen LogP contribution in [0, 0.1) is 0 Å². The van der Waals surface area contributed by atoms with Crippen LogP contribution in [0.3, 0.4) is 0 Å². The molecule has 0 radical (unpaired) electrons. The molecule has 0 saturated heterocycles. The Kier molecular flexibility index (Phi) is 7.76. The first-order valence-electron chi connectivity index (χ1n) is 6.65. The summed E-state index contributed by atoms with van der Waals surface area (Å²) in [6.07, 6.45) is 8.18. The molecule has 0 saturated carbocycles. The van der Waals surface area contributed by atoms with E-state index < -0.39 is 0 Å². The average Bonchev–Trinajstić information content (AvgIpc) is 2.76. The molecule has 0 fully saturated rings. The quantitative estimate of drug-likeness (QED) is 0.635. The average molecular weight is 239 g/mol. The molecule has 0 aliphatic heterocycles. The van der Waals surface area contributed by atoms with Crippen LogP contribution >= 0.6 is 0 Å². The normalized spacial score (nSPS) is 10.9. The highest BCUT2D eigenvalue weighted by atomic mass is 16.5. The minimum absolute atomic E-state index is 0.595. The fraction of sp³-hybridized carbons (Fsp3) is 0.714. The summed E-state index contributed by atoms with van der Waals surface area (Å²) in [5, 5.41) is 3.09. The van der Waals surface area contributed by atoms with Gasteiger partial charge in [-0.05, 0) is 19.5 Å². The standard InChI is InChI=1S/C14H25NO2/c1-3-4-5-6-7-8-16-12-14-9-13(10-15-2)11-17-14/h9,11,15H,3-8,10,12H2,1-2H3. The second kappa shape index (κ2) is 9.25. The fourth-order valence-electron chi connectivity index (χ4n) is 1.78. The molecule has 0 spiro atoms. The molecule has 1 N–H and O–H groups in total. The molecule has 0 atom stereocenters. The van der Waals surface area contributed by atoms with Crippen LogP contribution in [0.4, 0.5) is 0 Å². The number of unbranched alkanes of at least 4 members (excludes halogenated alkanes) is 4. The minimum Gasteiger partial charge on any atom is -0.467 e. The smallest absolute Gasteiger partial charge is 0.129 e. The highest BCUT2D eigenvalue weighted by molar-refractivity contribution is 5.11. The number of ether oxygens (including phenoxy) is 1. The van der Waals surface area contributed by atoms with E-state index in [4.69, 9.17) is 9.15 Å². The van der Waals surface area contributed by atoms with Gasteiger partial charge in [-0.1, -0.05) is 32.6 Å². The van der Waals surface area contributed by atoms with Crippen molar-refractivity contribution in [2.24, 2.45) is 0 Å². The number of furan rings is 1. The largest absolute Gasteiger partial charge is 0.467 e. The lowest BCUT2D eigenvalue weighted by atomic mass is 10.2. The molecule has 1 heterocycles. The van der Waals surface area contributed by atoms with Gasteiger partial charge in [-0.2, -0.15) is 0 Å². The van der Waals surface area contributed by atoms with Crippen LogP contribution < -0.4 is 5.32 Å². The molecular formula is C14H25NO2. The maximum absolute atomic E-state index is 5.58. The summed E-state index contributed by atoms with van der Waals surface area (Å²) in [6.45, 7) is 4.51. The first-order valence-corrected chi connectivity index (χ1v) is 6.65. The van der Waals surface area contributed by atoms with Gasteiger partial charge in [0, 0.05) is 18.7 Å². The van der Waals surface area contributed by atoms with E-state index in [2.05, 4.69) is 12.2 Å². The molecule has 0 aliphatic carbocycles. The van der Waals surface area contributed by atoms with E-state index in [-0.39, 0.29) is 0 Å². The summed E-state index contributed by atoms with van der Waals surface area (Å²) < 4.78 is 11.0. The summed E-state index contributed by atoms with van der Waals surface area (Å²) in [5.74, 6) is 0.920. The third kappa shape index (κ3) is 6.49. The van der Waals surface area contributed by atoms with Gasteiger partial charge in [-0.15, -0.1) is 0 Å². The third-order valence-electron chi connectivity index (χ3n) is 2.73. The molecule has 0 bridgehead atoms. The van der Waals surface area contributed by atoms with Crippen molar-refractivity contribution in [3.8, 4) is 0 Å². The molecule has 3 nitrogen and oxygen atoms in total. The second-order valence-electron chi connectivity index (χ2n) is 4.42. The summed E-state index contributed by atoms with van der Waals surface area (Å²) in [5.41, 5.74) is 1.18. The molecule has 0 unspecified atom stereocenters. The van der Waals surface area contributed by atoms with Crippen LogP contribution in [-0.2, 0) is 17.9 Å². The highest BCUT2D eigenvalue weighted by Crippen LogP contribution is 2.09. The zero-order valence-corrected chi connectivity index (χ0v) is 11.1. The Bertz CT molecular complexity index is 284. The van der Waals surface area contributed by atoms with E-state index >= 15 is 0 Å². The van der Waals surface area contributed by atoms with Gasteiger partial charge in [0.15, 0.2) is 0 Å². The number of nitrogens with one attached hydrogen (secondary N) is 1. The van der Waals surface area contributed by atoms with Crippen molar-refractivity contribution < 1.29 is 9.15 Å². The number of hydrogen-bond acceptors (Lipinski definition) is 3. The van der Waals surface area contributed by atoms with E-state index in [1.165, 1.54) is 31.2 Å². The van der Waals surface area contributed by atoms with Crippen molar-refractivity contribution in [2.45, 2.75) is 52.2 Å². The van der Waals surface area contributed by atoms with Gasteiger partial charge in [0.2, 0.25) is 0 Å². The van der Waals surface area contributed by atoms with Gasteiger partial charge in [0.1, 0.15) is 12.4 Å². The van der Waals surface area contributed by atoms with Crippen LogP contribution in [0.2, 0.25) is 0 Å². The van der Waals surface area contributed by atoms with Gasteiger partial charge in [-0.3, -0.25) is 0 Å². The Morgan fingerprint density at radius 1 is 1.24 bits per heavy atom. The summed E-state index contributed by atoms with van der Waals surface area (Å²) in [6, 6.07) is 2.05. The lowest BCUT2D eigenvalue weighted by Crippen LogP contribution is -2.03. The zero-order chi connectivity index (χ0) is 12.3. The summed E-state index contributed by atoms with van der Waals surface area (Å²) in [4.78, 5) is 0. The molecule has 98 valence electrons. The first kappa shape index (κ1) is 14.3. The lowest BCUT2D eigenvalue weighted by Gasteiger charge is -2.01. The molecule has 3 heteroatoms. The molecule has 1 rings (SSSR count). The van der Waals surface area contributed by atoms with E-state index in [0.717, 1.165) is 25.3 Å². The zero-order valence-electron chi connectivity index (χ0n) is 11.1. The van der Waals surface area contributed by atoms with Crippen molar-refractivity contribution in [1.82, 2.24) is 5.32 Å². The summed E-state index contributed by atoms with van der Waals surface area (Å²) >= 11 is 0. The minimum atomic E-state index is 0.595. The van der Waals surface area contributed by atoms with Crippen molar-refractivity contribution in [2.75, 3.05) is 13.7 Å². The highest BCUT2D eigenvalue weighted by Gasteiger charge is 2.00. The van der Waals surface area contributed by atoms with Crippen molar-refractivity contribution in [3.63, 3.8) is 0 Å². The SMILES string of the molecule is CCCCCCCOCc1cc(CNC)co1. The maximum Gasteiger partial charge on any atom is 0.129 e. The van der Waals surface area contributed by atoms with Crippen LogP contribution in [0.1, 0.15) is 50.4 Å². The van der Waals surface area contributed by atoms with Crippen LogP contribution in [-0.4, -0.2) is 13.7 Å². The maximum atomic E-state index is 5.58. The van der Waals surface area contributed by atoms with Gasteiger partial charge < -0.3 is 14.5 Å². The second-order valence-corrected chi connectivity index (χ2v) is 4.42. The molecule has 0 amide bonds. The topological polar surface area (TPSA) is 34.4 Å². The van der Waals surface area contributed by atoms with Crippen molar-refractivity contribution >= 4 is 0 Å². The van der Waals surface area contributed by atoms with Crippen molar-refractivity contribution in [3.05, 3.63) is 23.7 Å². The van der Waals surface area contributed by atoms with Gasteiger partial charge >= 0.3 is 0 Å². The third-order valence-corrected chi connectivity index (χ3v) is 2.73. The van der Waals surface area contributed by atoms with Gasteiger partial charge in [-0.25, -0.2) is 0 Å². The van der Waals surface area contributed by atoms with E-state index in [9.17, 15) is 0 Å². The Hall–Kier alpha value is -0.800. The predicted molar refractivity (Wildman–Crippen MR) is 69.9 cm³/mol. The molecular weight excluding hydrogens is 214 g/mol. The Morgan fingerprint density at radius 3 is 2.82 bits per heavy atom. The Morgan fingerprint density at radius 2 is 2.06 bits per heavy atom. The van der Waals surface area contributed by atoms with E-state index in [0.29, 0.717) is 6.61 Å². The van der Waals surface area contributed by atoms with E-state index in [1.54, 1.807) is 6.26 Å². The Balaban J connectivity index is 2.01. The monoisotopic (exact) mass is 239 g/mol. The molecule has 0 aromatic carbocycles. The van der Waals surface area contributed by atoms with Crippen LogP contribution in [0.15, 0.2) is 16.7 Å². The first-order chi connectivity index (χ1) is 8.36. The Labute approximate surface area is 105 Å². The number of hydrogen-bond donors (Lipinski definition) is 1. The fourth-order valence-corrected chi connectivity index (χ4v) is 1.78. The van der Waals surface area contributed by atoms with Crippen LogP contribution in [0.25, 0.3) is 0 Å². The predicted octanol–water partition coefficient (Wildman–Crippen LogP) is 3.49. The summed E-state index contributed by atoms with van der Waals surface area (Å²) in [7, 11) is 1.93.